The third-order valence-corrected chi connectivity index (χ3v) is 4.15. The Morgan fingerprint density at radius 1 is 1.37 bits per heavy atom. The van der Waals surface area contributed by atoms with E-state index in [2.05, 4.69) is 19.2 Å². The van der Waals surface area contributed by atoms with E-state index in [9.17, 15) is 4.39 Å². The minimum atomic E-state index is -1.12. The molecule has 3 N–H and O–H groups in total. The van der Waals surface area contributed by atoms with Crippen molar-refractivity contribution in [2.24, 2.45) is 5.73 Å². The predicted molar refractivity (Wildman–Crippen MR) is 80.3 cm³/mol. The van der Waals surface area contributed by atoms with Gasteiger partial charge < -0.3 is 10.5 Å². The van der Waals surface area contributed by atoms with E-state index in [0.717, 1.165) is 11.5 Å². The summed E-state index contributed by atoms with van der Waals surface area (Å²) in [5.74, 6) is 1.75. The zero-order valence-corrected chi connectivity index (χ0v) is 12.6. The zero-order chi connectivity index (χ0) is 14.3. The number of ether oxygens (including phenoxy) is 1. The van der Waals surface area contributed by atoms with E-state index in [1.807, 2.05) is 24.3 Å². The molecular formula is C14H23FN2OS. The number of methoxy groups -OCH3 is 1. The lowest BCUT2D eigenvalue weighted by Gasteiger charge is -2.25. The molecule has 0 bridgehead atoms. The predicted octanol–water partition coefficient (Wildman–Crippen LogP) is 2.55. The molecule has 1 rings (SSSR count). The summed E-state index contributed by atoms with van der Waals surface area (Å²) in [6, 6.07) is 8.00. The minimum Gasteiger partial charge on any atom is -0.497 e. The van der Waals surface area contributed by atoms with E-state index in [-0.39, 0.29) is 11.3 Å². The topological polar surface area (TPSA) is 47.3 Å². The van der Waals surface area contributed by atoms with Gasteiger partial charge >= 0.3 is 0 Å². The summed E-state index contributed by atoms with van der Waals surface area (Å²) in [5.41, 5.74) is 6.47. The number of alkyl halides is 1. The Balaban J connectivity index is 2.40. The molecule has 0 spiro atoms. The van der Waals surface area contributed by atoms with Crippen LogP contribution in [0.1, 0.15) is 19.4 Å². The molecule has 0 aliphatic rings. The largest absolute Gasteiger partial charge is 0.497 e. The molecule has 0 aromatic heterocycles. The molecule has 1 aromatic rings. The average molecular weight is 286 g/mol. The molecule has 0 amide bonds. The summed E-state index contributed by atoms with van der Waals surface area (Å²) >= 11 is 1.79. The minimum absolute atomic E-state index is 0.0131. The van der Waals surface area contributed by atoms with E-state index in [0.29, 0.717) is 6.54 Å². The summed E-state index contributed by atoms with van der Waals surface area (Å²) in [7, 11) is 1.66. The normalized spacial score (nSPS) is 13.3. The van der Waals surface area contributed by atoms with Crippen molar-refractivity contribution >= 4 is 11.8 Å². The van der Waals surface area contributed by atoms with Crippen LogP contribution in [-0.2, 0) is 5.75 Å². The highest BCUT2D eigenvalue weighted by Crippen LogP contribution is 2.28. The van der Waals surface area contributed by atoms with Gasteiger partial charge in [-0.25, -0.2) is 4.39 Å². The van der Waals surface area contributed by atoms with E-state index >= 15 is 0 Å². The molecule has 3 nitrogen and oxygen atoms in total. The van der Waals surface area contributed by atoms with Gasteiger partial charge in [-0.05, 0) is 31.5 Å². The van der Waals surface area contributed by atoms with Gasteiger partial charge in [0.2, 0.25) is 0 Å². The van der Waals surface area contributed by atoms with Crippen LogP contribution in [0.15, 0.2) is 24.3 Å². The Kier molecular flexibility index (Phi) is 6.62. The number of rotatable bonds is 8. The van der Waals surface area contributed by atoms with Gasteiger partial charge in [-0.15, -0.1) is 11.8 Å². The quantitative estimate of drug-likeness (QED) is 0.721. The molecule has 108 valence electrons. The van der Waals surface area contributed by atoms with E-state index in [1.165, 1.54) is 5.56 Å². The van der Waals surface area contributed by atoms with Crippen molar-refractivity contribution in [3.63, 3.8) is 0 Å². The molecule has 19 heavy (non-hydrogen) atoms. The lowest BCUT2D eigenvalue weighted by molar-refractivity contribution is 0.276. The molecule has 0 heterocycles. The van der Waals surface area contributed by atoms with Crippen LogP contribution >= 0.6 is 11.8 Å². The van der Waals surface area contributed by atoms with Crippen LogP contribution < -0.4 is 15.8 Å². The number of halogens is 1. The highest BCUT2D eigenvalue weighted by atomic mass is 32.2. The number of hydrogen-bond acceptors (Lipinski definition) is 4. The van der Waals surface area contributed by atoms with Gasteiger partial charge in [0.15, 0.2) is 6.30 Å². The fraction of sp³-hybridized carbons (Fsp3) is 0.571. The van der Waals surface area contributed by atoms with Crippen molar-refractivity contribution < 1.29 is 9.13 Å². The first kappa shape index (κ1) is 16.3. The standard InChI is InChI=1S/C14H23FN2OS/c1-14(2,10-17-13(15)8-16)19-9-11-4-6-12(18-3)7-5-11/h4-7,13,17H,8-10,16H2,1-3H3. The number of thioether (sulfide) groups is 1. The van der Waals surface area contributed by atoms with Crippen molar-refractivity contribution in [2.75, 3.05) is 20.2 Å². The molecular weight excluding hydrogens is 263 g/mol. The molecule has 0 fully saturated rings. The van der Waals surface area contributed by atoms with Gasteiger partial charge in [-0.3, -0.25) is 5.32 Å². The summed E-state index contributed by atoms with van der Waals surface area (Å²) in [4.78, 5) is 0. The Bertz CT molecular complexity index is 370. The Morgan fingerprint density at radius 2 is 2.00 bits per heavy atom. The molecule has 0 saturated heterocycles. The van der Waals surface area contributed by atoms with Crippen molar-refractivity contribution in [3.05, 3.63) is 29.8 Å². The highest BCUT2D eigenvalue weighted by molar-refractivity contribution is 7.99. The fourth-order valence-corrected chi connectivity index (χ4v) is 2.43. The number of nitrogens with one attached hydrogen (secondary N) is 1. The van der Waals surface area contributed by atoms with Crippen molar-refractivity contribution in [1.82, 2.24) is 5.32 Å². The van der Waals surface area contributed by atoms with E-state index < -0.39 is 6.30 Å². The monoisotopic (exact) mass is 286 g/mol. The third kappa shape index (κ3) is 6.27. The van der Waals surface area contributed by atoms with E-state index in [4.69, 9.17) is 10.5 Å². The first-order valence-corrected chi connectivity index (χ1v) is 7.30. The molecule has 0 aliphatic heterocycles. The third-order valence-electron chi connectivity index (χ3n) is 2.74. The van der Waals surface area contributed by atoms with Crippen LogP contribution in [0.3, 0.4) is 0 Å². The fourth-order valence-electron chi connectivity index (χ4n) is 1.49. The maximum absolute atomic E-state index is 13.0. The van der Waals surface area contributed by atoms with Crippen LogP contribution in [0.25, 0.3) is 0 Å². The molecule has 1 aromatic carbocycles. The van der Waals surface area contributed by atoms with Crippen molar-refractivity contribution in [3.8, 4) is 5.75 Å². The Morgan fingerprint density at radius 3 is 2.53 bits per heavy atom. The van der Waals surface area contributed by atoms with Gasteiger partial charge in [0.25, 0.3) is 0 Å². The second-order valence-electron chi connectivity index (χ2n) is 4.98. The highest BCUT2D eigenvalue weighted by Gasteiger charge is 2.19. The summed E-state index contributed by atoms with van der Waals surface area (Å²) in [6.07, 6.45) is -1.12. The molecule has 0 aliphatic carbocycles. The molecule has 0 radical (unpaired) electrons. The smallest absolute Gasteiger partial charge is 0.163 e. The van der Waals surface area contributed by atoms with Gasteiger partial charge in [0.1, 0.15) is 5.75 Å². The zero-order valence-electron chi connectivity index (χ0n) is 11.8. The first-order valence-electron chi connectivity index (χ1n) is 6.31. The first-order chi connectivity index (χ1) is 8.96. The van der Waals surface area contributed by atoms with Crippen LogP contribution in [0, 0.1) is 0 Å². The van der Waals surface area contributed by atoms with Gasteiger partial charge in [0, 0.05) is 23.6 Å². The van der Waals surface area contributed by atoms with Crippen molar-refractivity contribution in [1.29, 1.82) is 0 Å². The number of nitrogens with two attached hydrogens (primary N) is 1. The lowest BCUT2D eigenvalue weighted by Crippen LogP contribution is -2.40. The second kappa shape index (κ2) is 7.72. The summed E-state index contributed by atoms with van der Waals surface area (Å²) in [6.45, 7) is 4.79. The van der Waals surface area contributed by atoms with Crippen LogP contribution in [0.4, 0.5) is 4.39 Å². The van der Waals surface area contributed by atoms with Gasteiger partial charge in [0.05, 0.1) is 7.11 Å². The SMILES string of the molecule is COc1ccc(CSC(C)(C)CNC(F)CN)cc1. The van der Waals surface area contributed by atoms with Gasteiger partial charge in [-0.1, -0.05) is 12.1 Å². The van der Waals surface area contributed by atoms with E-state index in [1.54, 1.807) is 18.9 Å². The molecule has 1 atom stereocenters. The van der Waals surface area contributed by atoms with Crippen molar-refractivity contribution in [2.45, 2.75) is 30.6 Å². The Hall–Kier alpha value is -0.780. The van der Waals surface area contributed by atoms with Gasteiger partial charge in [-0.2, -0.15) is 0 Å². The summed E-state index contributed by atoms with van der Waals surface area (Å²) in [5, 5.41) is 2.79. The molecule has 1 unspecified atom stereocenters. The maximum Gasteiger partial charge on any atom is 0.163 e. The summed E-state index contributed by atoms with van der Waals surface area (Å²) < 4.78 is 18.1. The van der Waals surface area contributed by atoms with Crippen LogP contribution in [0.5, 0.6) is 5.75 Å². The van der Waals surface area contributed by atoms with Crippen LogP contribution in [0.2, 0.25) is 0 Å². The Labute approximate surface area is 119 Å². The molecule has 5 heteroatoms. The average Bonchev–Trinajstić information content (AvgIpc) is 2.43. The number of benzene rings is 1. The van der Waals surface area contributed by atoms with Crippen LogP contribution in [-0.4, -0.2) is 31.2 Å². The molecule has 0 saturated carbocycles. The second-order valence-corrected chi connectivity index (χ2v) is 6.66. The maximum atomic E-state index is 13.0. The number of hydrogen-bond donors (Lipinski definition) is 2. The lowest BCUT2D eigenvalue weighted by atomic mass is 10.2.